The van der Waals surface area contributed by atoms with Gasteiger partial charge in [0, 0.05) is 23.5 Å². The third-order valence-corrected chi connectivity index (χ3v) is 12.8. The molecule has 0 saturated carbocycles. The zero-order valence-corrected chi connectivity index (χ0v) is 25.0. The quantitative estimate of drug-likeness (QED) is 0.214. The Labute approximate surface area is 241 Å². The molecule has 4 aromatic carbocycles. The normalized spacial score (nSPS) is 12.2. The van der Waals surface area contributed by atoms with Crippen molar-refractivity contribution in [1.82, 2.24) is 9.78 Å². The largest absolute Gasteiger partial charge is 0.534 e. The number of hydrogen-bond acceptors (Lipinski definition) is 3. The highest BCUT2D eigenvalue weighted by Crippen LogP contribution is 2.41. The van der Waals surface area contributed by atoms with E-state index in [1.54, 1.807) is 10.7 Å². The maximum Gasteiger partial charge on any atom is 0.319 e. The van der Waals surface area contributed by atoms with Crippen LogP contribution in [0.3, 0.4) is 0 Å². The maximum absolute atomic E-state index is 15.5. The number of aliphatic hydroxyl groups is 1. The van der Waals surface area contributed by atoms with Crippen molar-refractivity contribution in [2.75, 3.05) is 0 Å². The summed E-state index contributed by atoms with van der Waals surface area (Å²) in [6.45, 7) is 6.57. The summed E-state index contributed by atoms with van der Waals surface area (Å²) in [6, 6.07) is 30.1. The Kier molecular flexibility index (Phi) is 7.86. The Morgan fingerprint density at radius 2 is 1.50 bits per heavy atom. The first-order valence-electron chi connectivity index (χ1n) is 13.5. The Morgan fingerprint density at radius 3 is 2.05 bits per heavy atom. The minimum Gasteiger partial charge on any atom is -0.534 e. The van der Waals surface area contributed by atoms with Crippen LogP contribution in [0.4, 0.5) is 4.39 Å². The van der Waals surface area contributed by atoms with E-state index in [1.165, 1.54) is 0 Å². The Bertz CT molecular complexity index is 1590. The number of benzene rings is 4. The fraction of sp³-hybridized carbons (Fsp3) is 0.242. The molecule has 0 saturated heterocycles. The lowest BCUT2D eigenvalue weighted by atomic mass is 10.0. The number of halogens is 2. The fourth-order valence-electron chi connectivity index (χ4n) is 5.59. The van der Waals surface area contributed by atoms with Crippen LogP contribution in [0.1, 0.15) is 37.7 Å². The minimum absolute atomic E-state index is 0.0836. The van der Waals surface area contributed by atoms with Gasteiger partial charge >= 0.3 is 8.32 Å². The van der Waals surface area contributed by atoms with Crippen LogP contribution in [-0.4, -0.2) is 23.2 Å². The van der Waals surface area contributed by atoms with E-state index in [2.05, 4.69) is 80.5 Å². The average molecular weight is 573 g/mol. The van der Waals surface area contributed by atoms with E-state index in [0.717, 1.165) is 21.6 Å². The summed E-state index contributed by atoms with van der Waals surface area (Å²) in [4.78, 5) is 0. The van der Waals surface area contributed by atoms with E-state index in [0.29, 0.717) is 35.1 Å². The van der Waals surface area contributed by atoms with Crippen molar-refractivity contribution >= 4 is 41.1 Å². The predicted molar refractivity (Wildman–Crippen MR) is 164 cm³/mol. The first-order valence-corrected chi connectivity index (χ1v) is 15.8. The SMILES string of the molecule is Cn1nc(CO)cc1CCc1cc(O[Si](c2ccccc2)(c2ccccc2)C(C)(C)C)c2ccc(Cl)c(F)c2c1. The molecule has 5 rings (SSSR count). The summed E-state index contributed by atoms with van der Waals surface area (Å²) in [5, 5.41) is 17.1. The molecule has 0 aliphatic rings. The third kappa shape index (κ3) is 5.19. The Hall–Kier alpha value is -3.45. The van der Waals surface area contributed by atoms with Gasteiger partial charge in [-0.05, 0) is 64.1 Å². The maximum atomic E-state index is 15.5. The van der Waals surface area contributed by atoms with Crippen molar-refractivity contribution in [2.45, 2.75) is 45.3 Å². The van der Waals surface area contributed by atoms with E-state index in [1.807, 2.05) is 37.4 Å². The second-order valence-electron chi connectivity index (χ2n) is 11.2. The van der Waals surface area contributed by atoms with Gasteiger partial charge in [0.2, 0.25) is 0 Å². The van der Waals surface area contributed by atoms with Gasteiger partial charge in [-0.15, -0.1) is 0 Å². The first-order chi connectivity index (χ1) is 19.1. The molecule has 0 aliphatic heterocycles. The van der Waals surface area contributed by atoms with Crippen LogP contribution in [0.15, 0.2) is 91.0 Å². The lowest BCUT2D eigenvalue weighted by molar-refractivity contribution is 0.275. The molecule has 0 amide bonds. The summed E-state index contributed by atoms with van der Waals surface area (Å²) in [5.74, 6) is 0.204. The molecule has 1 aromatic heterocycles. The van der Waals surface area contributed by atoms with Gasteiger partial charge in [-0.3, -0.25) is 4.68 Å². The standard InChI is InChI=1S/C33H34ClFN2O2Si/c1-33(2,3)40(26-11-7-5-8-12-26,27-13-9-6-10-14-27)39-31-20-23(15-16-25-21-24(22-38)36-37(25)4)19-29-28(31)17-18-30(34)32(29)35/h5-14,17-21,38H,15-16,22H2,1-4H3. The lowest BCUT2D eigenvalue weighted by Gasteiger charge is -2.43. The van der Waals surface area contributed by atoms with Crippen LogP contribution >= 0.6 is 11.6 Å². The van der Waals surface area contributed by atoms with Crippen LogP contribution in [0.5, 0.6) is 5.75 Å². The van der Waals surface area contributed by atoms with Crippen molar-refractivity contribution in [3.63, 3.8) is 0 Å². The molecule has 1 N–H and O–H groups in total. The minimum atomic E-state index is -2.96. The van der Waals surface area contributed by atoms with Gasteiger partial charge in [0.15, 0.2) is 0 Å². The number of aryl methyl sites for hydroxylation is 3. The number of rotatable bonds is 8. The second kappa shape index (κ2) is 11.2. The molecule has 0 aliphatic carbocycles. The summed E-state index contributed by atoms with van der Waals surface area (Å²) >= 11 is 6.26. The van der Waals surface area contributed by atoms with Crippen LogP contribution in [0, 0.1) is 5.82 Å². The molecule has 0 fully saturated rings. The first kappa shape index (κ1) is 28.1. The predicted octanol–water partition coefficient (Wildman–Crippen LogP) is 6.58. The van der Waals surface area contributed by atoms with Crippen LogP contribution in [0.25, 0.3) is 10.8 Å². The average Bonchev–Trinajstić information content (AvgIpc) is 3.32. The van der Waals surface area contributed by atoms with Gasteiger partial charge in [-0.1, -0.05) is 93.0 Å². The summed E-state index contributed by atoms with van der Waals surface area (Å²) in [5.41, 5.74) is 2.56. The van der Waals surface area contributed by atoms with Gasteiger partial charge in [-0.2, -0.15) is 5.10 Å². The number of nitrogens with zero attached hydrogens (tertiary/aromatic N) is 2. The van der Waals surface area contributed by atoms with Crippen LogP contribution in [0.2, 0.25) is 10.1 Å². The molecule has 0 spiro atoms. The van der Waals surface area contributed by atoms with Crippen molar-refractivity contribution in [1.29, 1.82) is 0 Å². The van der Waals surface area contributed by atoms with Gasteiger partial charge < -0.3 is 9.53 Å². The van der Waals surface area contributed by atoms with Crippen LogP contribution < -0.4 is 14.8 Å². The number of hydrogen-bond donors (Lipinski definition) is 1. The molecule has 4 nitrogen and oxygen atoms in total. The van der Waals surface area contributed by atoms with Crippen LogP contribution in [-0.2, 0) is 26.5 Å². The zero-order chi connectivity index (χ0) is 28.5. The van der Waals surface area contributed by atoms with Gasteiger partial charge in [0.05, 0.1) is 17.3 Å². The van der Waals surface area contributed by atoms with Crippen molar-refractivity contribution < 1.29 is 13.9 Å². The molecule has 206 valence electrons. The third-order valence-electron chi connectivity index (χ3n) is 7.58. The van der Waals surface area contributed by atoms with E-state index in [9.17, 15) is 5.11 Å². The molecular formula is C33H34ClFN2O2Si. The van der Waals surface area contributed by atoms with E-state index in [4.69, 9.17) is 16.0 Å². The van der Waals surface area contributed by atoms with Crippen molar-refractivity contribution in [3.8, 4) is 5.75 Å². The van der Waals surface area contributed by atoms with Gasteiger partial charge in [0.25, 0.3) is 0 Å². The molecule has 0 atom stereocenters. The monoisotopic (exact) mass is 572 g/mol. The smallest absolute Gasteiger partial charge is 0.319 e. The zero-order valence-electron chi connectivity index (χ0n) is 23.3. The van der Waals surface area contributed by atoms with E-state index < -0.39 is 14.1 Å². The lowest BCUT2D eigenvalue weighted by Crippen LogP contribution is -2.68. The molecule has 0 unspecified atom stereocenters. The molecule has 0 bridgehead atoms. The summed E-state index contributed by atoms with van der Waals surface area (Å²) < 4.78 is 24.7. The second-order valence-corrected chi connectivity index (χ2v) is 15.9. The Balaban J connectivity index is 1.69. The molecule has 5 aromatic rings. The molecular weight excluding hydrogens is 539 g/mol. The molecule has 40 heavy (non-hydrogen) atoms. The highest BCUT2D eigenvalue weighted by Gasteiger charge is 2.52. The van der Waals surface area contributed by atoms with Crippen molar-refractivity contribution in [2.24, 2.45) is 7.05 Å². The molecule has 7 heteroatoms. The molecule has 1 heterocycles. The Morgan fingerprint density at radius 1 is 0.875 bits per heavy atom. The van der Waals surface area contributed by atoms with Gasteiger partial charge in [-0.25, -0.2) is 4.39 Å². The highest BCUT2D eigenvalue weighted by atomic mass is 35.5. The summed E-state index contributed by atoms with van der Waals surface area (Å²) in [7, 11) is -1.09. The summed E-state index contributed by atoms with van der Waals surface area (Å²) in [6.07, 6.45) is 1.32. The highest BCUT2D eigenvalue weighted by molar-refractivity contribution is 7.00. The topological polar surface area (TPSA) is 47.3 Å². The number of aliphatic hydroxyl groups excluding tert-OH is 1. The van der Waals surface area contributed by atoms with E-state index >= 15 is 4.39 Å². The number of fused-ring (bicyclic) bond motifs is 1. The fourth-order valence-corrected chi connectivity index (χ4v) is 10.2. The van der Waals surface area contributed by atoms with E-state index in [-0.39, 0.29) is 16.7 Å². The molecule has 0 radical (unpaired) electrons. The van der Waals surface area contributed by atoms with Gasteiger partial charge in [0.1, 0.15) is 11.6 Å². The van der Waals surface area contributed by atoms with Crippen molar-refractivity contribution in [3.05, 3.63) is 119 Å². The number of aromatic nitrogens is 2.